The van der Waals surface area contributed by atoms with Crippen molar-refractivity contribution in [2.45, 2.75) is 6.54 Å². The summed E-state index contributed by atoms with van der Waals surface area (Å²) in [6, 6.07) is 14.2. The normalized spacial score (nSPS) is 15.1. The third kappa shape index (κ3) is 3.93. The zero-order chi connectivity index (χ0) is 18.6. The molecule has 3 aromatic rings. The summed E-state index contributed by atoms with van der Waals surface area (Å²) in [6.07, 6.45) is 0. The van der Waals surface area contributed by atoms with Crippen molar-refractivity contribution in [1.29, 1.82) is 0 Å². The number of para-hydroxylation sites is 1. The summed E-state index contributed by atoms with van der Waals surface area (Å²) in [4.78, 5) is 4.53. The van der Waals surface area contributed by atoms with Crippen LogP contribution in [-0.4, -0.2) is 48.4 Å². The average Bonchev–Trinajstić information content (AvgIpc) is 3.17. The molecule has 0 atom stereocenters. The van der Waals surface area contributed by atoms with Crippen LogP contribution < -0.4 is 9.64 Å². The molecular formula is C20H21FN4O2. The van der Waals surface area contributed by atoms with Gasteiger partial charge in [-0.25, -0.2) is 4.39 Å². The number of benzene rings is 2. The minimum absolute atomic E-state index is 0.209. The molecule has 1 saturated heterocycles. The summed E-state index contributed by atoms with van der Waals surface area (Å²) >= 11 is 0. The van der Waals surface area contributed by atoms with Gasteiger partial charge in [0, 0.05) is 31.9 Å². The zero-order valence-corrected chi connectivity index (χ0v) is 15.1. The van der Waals surface area contributed by atoms with Gasteiger partial charge in [0.25, 0.3) is 5.89 Å². The molecule has 0 N–H and O–H groups in total. The SMILES string of the molecule is COc1ccccc1-c1nnc(CN2CCN(c3ccc(F)cc3)CC2)o1. The summed E-state index contributed by atoms with van der Waals surface area (Å²) in [6.45, 7) is 4.12. The molecular weight excluding hydrogens is 347 g/mol. The quantitative estimate of drug-likeness (QED) is 0.689. The van der Waals surface area contributed by atoms with Crippen molar-refractivity contribution < 1.29 is 13.5 Å². The fourth-order valence-corrected chi connectivity index (χ4v) is 3.26. The van der Waals surface area contributed by atoms with Gasteiger partial charge in [-0.05, 0) is 36.4 Å². The Balaban J connectivity index is 1.37. The highest BCUT2D eigenvalue weighted by Crippen LogP contribution is 2.28. The number of ether oxygens (including phenoxy) is 1. The van der Waals surface area contributed by atoms with Crippen molar-refractivity contribution in [2.24, 2.45) is 0 Å². The number of hydrogen-bond acceptors (Lipinski definition) is 6. The Labute approximate surface area is 157 Å². The number of hydrogen-bond donors (Lipinski definition) is 0. The maximum absolute atomic E-state index is 13.1. The van der Waals surface area contributed by atoms with Gasteiger partial charge in [0.15, 0.2) is 0 Å². The topological polar surface area (TPSA) is 54.6 Å². The van der Waals surface area contributed by atoms with Crippen LogP contribution in [-0.2, 0) is 6.54 Å². The number of anilines is 1. The van der Waals surface area contributed by atoms with E-state index >= 15 is 0 Å². The molecule has 27 heavy (non-hydrogen) atoms. The van der Waals surface area contributed by atoms with Crippen LogP contribution in [0.2, 0.25) is 0 Å². The predicted molar refractivity (Wildman–Crippen MR) is 100 cm³/mol. The molecule has 0 unspecified atom stereocenters. The lowest BCUT2D eigenvalue weighted by atomic mass is 10.2. The van der Waals surface area contributed by atoms with Gasteiger partial charge in [0.05, 0.1) is 19.2 Å². The average molecular weight is 368 g/mol. The van der Waals surface area contributed by atoms with Crippen molar-refractivity contribution in [3.63, 3.8) is 0 Å². The van der Waals surface area contributed by atoms with E-state index in [9.17, 15) is 4.39 Å². The second kappa shape index (κ2) is 7.75. The Bertz CT molecular complexity index is 889. The van der Waals surface area contributed by atoms with Crippen LogP contribution in [0.5, 0.6) is 5.75 Å². The van der Waals surface area contributed by atoms with E-state index < -0.39 is 0 Å². The smallest absolute Gasteiger partial charge is 0.251 e. The van der Waals surface area contributed by atoms with Gasteiger partial charge in [-0.1, -0.05) is 12.1 Å². The summed E-state index contributed by atoms with van der Waals surface area (Å²) in [5.41, 5.74) is 1.84. The summed E-state index contributed by atoms with van der Waals surface area (Å²) in [5.74, 6) is 1.55. The first-order chi connectivity index (χ1) is 13.2. The van der Waals surface area contributed by atoms with E-state index in [2.05, 4.69) is 20.0 Å². The molecule has 0 spiro atoms. The Hall–Kier alpha value is -2.93. The molecule has 1 aliphatic heterocycles. The monoisotopic (exact) mass is 368 g/mol. The van der Waals surface area contributed by atoms with Gasteiger partial charge >= 0.3 is 0 Å². The fraction of sp³-hybridized carbons (Fsp3) is 0.300. The third-order valence-electron chi connectivity index (χ3n) is 4.73. The molecule has 0 amide bonds. The maximum atomic E-state index is 13.1. The number of aromatic nitrogens is 2. The van der Waals surface area contributed by atoms with Crippen molar-refractivity contribution in [3.05, 3.63) is 60.2 Å². The molecule has 4 rings (SSSR count). The highest BCUT2D eigenvalue weighted by molar-refractivity contribution is 5.62. The predicted octanol–water partition coefficient (Wildman–Crippen LogP) is 3.21. The van der Waals surface area contributed by atoms with E-state index in [4.69, 9.17) is 9.15 Å². The minimum atomic E-state index is -0.209. The van der Waals surface area contributed by atoms with Crippen LogP contribution in [0.1, 0.15) is 5.89 Å². The molecule has 1 aromatic heterocycles. The number of methoxy groups -OCH3 is 1. The largest absolute Gasteiger partial charge is 0.496 e. The Morgan fingerprint density at radius 2 is 1.74 bits per heavy atom. The van der Waals surface area contributed by atoms with Gasteiger partial charge in [-0.3, -0.25) is 4.90 Å². The van der Waals surface area contributed by atoms with Gasteiger partial charge in [0.1, 0.15) is 11.6 Å². The molecule has 0 saturated carbocycles. The van der Waals surface area contributed by atoms with Crippen molar-refractivity contribution in [3.8, 4) is 17.2 Å². The standard InChI is InChI=1S/C20H21FN4O2/c1-26-18-5-3-2-4-17(18)20-23-22-19(27-20)14-24-10-12-25(13-11-24)16-8-6-15(21)7-9-16/h2-9H,10-14H2,1H3. The van der Waals surface area contributed by atoms with Crippen molar-refractivity contribution in [2.75, 3.05) is 38.2 Å². The molecule has 6 nitrogen and oxygen atoms in total. The van der Waals surface area contributed by atoms with E-state index in [0.29, 0.717) is 24.1 Å². The van der Waals surface area contributed by atoms with Crippen LogP contribution in [0.25, 0.3) is 11.5 Å². The molecule has 2 heterocycles. The van der Waals surface area contributed by atoms with Crippen LogP contribution in [0.3, 0.4) is 0 Å². The van der Waals surface area contributed by atoms with Gasteiger partial charge < -0.3 is 14.1 Å². The van der Waals surface area contributed by atoms with E-state index in [1.807, 2.05) is 36.4 Å². The second-order valence-electron chi connectivity index (χ2n) is 6.44. The van der Waals surface area contributed by atoms with E-state index in [1.54, 1.807) is 7.11 Å². The van der Waals surface area contributed by atoms with E-state index in [1.165, 1.54) is 12.1 Å². The maximum Gasteiger partial charge on any atom is 0.251 e. The molecule has 7 heteroatoms. The molecule has 140 valence electrons. The lowest BCUT2D eigenvalue weighted by Crippen LogP contribution is -2.46. The highest BCUT2D eigenvalue weighted by Gasteiger charge is 2.20. The van der Waals surface area contributed by atoms with Crippen LogP contribution in [0, 0.1) is 5.82 Å². The molecule has 0 radical (unpaired) electrons. The van der Waals surface area contributed by atoms with Crippen molar-refractivity contribution in [1.82, 2.24) is 15.1 Å². The molecule has 0 aliphatic carbocycles. The molecule has 1 aliphatic rings. The van der Waals surface area contributed by atoms with Crippen LogP contribution in [0.15, 0.2) is 52.9 Å². The minimum Gasteiger partial charge on any atom is -0.496 e. The second-order valence-corrected chi connectivity index (χ2v) is 6.44. The van der Waals surface area contributed by atoms with Crippen LogP contribution >= 0.6 is 0 Å². The van der Waals surface area contributed by atoms with Crippen molar-refractivity contribution >= 4 is 5.69 Å². The van der Waals surface area contributed by atoms with Crippen LogP contribution in [0.4, 0.5) is 10.1 Å². The first-order valence-corrected chi connectivity index (χ1v) is 8.91. The Morgan fingerprint density at radius 3 is 2.48 bits per heavy atom. The number of nitrogens with zero attached hydrogens (tertiary/aromatic N) is 4. The molecule has 0 bridgehead atoms. The lowest BCUT2D eigenvalue weighted by molar-refractivity contribution is 0.227. The summed E-state index contributed by atoms with van der Waals surface area (Å²) in [7, 11) is 1.62. The van der Waals surface area contributed by atoms with Gasteiger partial charge in [-0.2, -0.15) is 0 Å². The lowest BCUT2D eigenvalue weighted by Gasteiger charge is -2.35. The van der Waals surface area contributed by atoms with Gasteiger partial charge in [0.2, 0.25) is 5.89 Å². The molecule has 2 aromatic carbocycles. The summed E-state index contributed by atoms with van der Waals surface area (Å²) in [5, 5.41) is 8.34. The highest BCUT2D eigenvalue weighted by atomic mass is 19.1. The third-order valence-corrected chi connectivity index (χ3v) is 4.73. The summed E-state index contributed by atoms with van der Waals surface area (Å²) < 4.78 is 24.3. The zero-order valence-electron chi connectivity index (χ0n) is 15.1. The first-order valence-electron chi connectivity index (χ1n) is 8.91. The fourth-order valence-electron chi connectivity index (χ4n) is 3.26. The Morgan fingerprint density at radius 1 is 1.00 bits per heavy atom. The number of halogens is 1. The van der Waals surface area contributed by atoms with Gasteiger partial charge in [-0.15, -0.1) is 10.2 Å². The van der Waals surface area contributed by atoms with E-state index in [-0.39, 0.29) is 5.82 Å². The number of piperazine rings is 1. The molecule has 1 fully saturated rings. The first kappa shape index (κ1) is 17.5. The van der Waals surface area contributed by atoms with E-state index in [0.717, 1.165) is 37.4 Å². The number of rotatable bonds is 5. The Kier molecular flexibility index (Phi) is 5.02.